The van der Waals surface area contributed by atoms with E-state index in [-0.39, 0.29) is 39.6 Å². The van der Waals surface area contributed by atoms with Gasteiger partial charge in [-0.2, -0.15) is 0 Å². The minimum atomic E-state index is -0.897. The lowest BCUT2D eigenvalue weighted by molar-refractivity contribution is -0.327. The summed E-state index contributed by atoms with van der Waals surface area (Å²) in [6.07, 6.45) is -3.16. The van der Waals surface area contributed by atoms with E-state index in [9.17, 15) is 0 Å². The Bertz CT molecular complexity index is 2830. The van der Waals surface area contributed by atoms with Crippen LogP contribution in [-0.4, -0.2) is 87.8 Å². The van der Waals surface area contributed by atoms with Gasteiger partial charge < -0.3 is 56.8 Å². The number of hydrogen-bond acceptors (Lipinski definition) is 12. The second-order valence-electron chi connectivity index (χ2n) is 20.8. The second kappa shape index (κ2) is 33.5. The molecular weight excluding hydrogens is 1060 g/mol. The van der Waals surface area contributed by atoms with Crippen LogP contribution in [0, 0.1) is 0 Å². The van der Waals surface area contributed by atoms with Crippen molar-refractivity contribution in [1.82, 2.24) is 0 Å². The molecule has 2 heterocycles. The molecule has 12 heteroatoms. The predicted octanol–water partition coefficient (Wildman–Crippen LogP) is 13.0. The van der Waals surface area contributed by atoms with Gasteiger partial charge in [0.25, 0.3) is 0 Å². The maximum Gasteiger partial charge on any atom is 0.187 e. The van der Waals surface area contributed by atoms with E-state index in [0.717, 1.165) is 44.5 Å². The van der Waals surface area contributed by atoms with Crippen molar-refractivity contribution in [2.45, 2.75) is 114 Å². The molecule has 0 saturated carbocycles. The van der Waals surface area contributed by atoms with E-state index in [4.69, 9.17) is 56.8 Å². The first kappa shape index (κ1) is 60.2. The maximum absolute atomic E-state index is 6.97. The van der Waals surface area contributed by atoms with Crippen LogP contribution in [0.1, 0.15) is 44.5 Å². The van der Waals surface area contributed by atoms with Crippen molar-refractivity contribution >= 4 is 0 Å². The molecule has 2 aliphatic rings. The lowest BCUT2D eigenvalue weighted by atomic mass is 9.97. The van der Waals surface area contributed by atoms with Crippen LogP contribution in [0.25, 0.3) is 0 Å². The second-order valence-corrected chi connectivity index (χ2v) is 20.8. The number of hydrogen-bond donors (Lipinski definition) is 0. The molecule has 0 amide bonds. The quantitative estimate of drug-likeness (QED) is 0.0374. The summed E-state index contributed by atoms with van der Waals surface area (Å²) >= 11 is 0. The summed E-state index contributed by atoms with van der Waals surface area (Å²) in [6, 6.07) is 80.7. The average molecular weight is 1130 g/mol. The van der Waals surface area contributed by atoms with E-state index >= 15 is 0 Å². The van der Waals surface area contributed by atoms with E-state index in [1.54, 1.807) is 0 Å². The molecule has 0 unspecified atom stereocenters. The van der Waals surface area contributed by atoms with Crippen LogP contribution in [0.15, 0.2) is 255 Å². The van der Waals surface area contributed by atoms with Gasteiger partial charge in [0.05, 0.1) is 79.3 Å². The first-order chi connectivity index (χ1) is 41.7. The number of ether oxygens (including phenoxy) is 12. The molecule has 0 aliphatic carbocycles. The average Bonchev–Trinajstić information content (AvgIpc) is 3.59. The van der Waals surface area contributed by atoms with E-state index in [2.05, 4.69) is 0 Å². The van der Waals surface area contributed by atoms with Crippen molar-refractivity contribution < 1.29 is 56.8 Å². The molecule has 10 rings (SSSR count). The fourth-order valence-corrected chi connectivity index (χ4v) is 10.2. The zero-order valence-electron chi connectivity index (χ0n) is 47.4. The maximum atomic E-state index is 6.97. The fourth-order valence-electron chi connectivity index (χ4n) is 10.2. The van der Waals surface area contributed by atoms with Crippen LogP contribution in [0.3, 0.4) is 0 Å². The highest BCUT2D eigenvalue weighted by molar-refractivity contribution is 5.20. The van der Waals surface area contributed by atoms with Gasteiger partial charge in [-0.15, -0.1) is 0 Å². The molecule has 2 aliphatic heterocycles. The molecule has 12 nitrogen and oxygen atoms in total. The van der Waals surface area contributed by atoms with Gasteiger partial charge in [-0.25, -0.2) is 0 Å². The van der Waals surface area contributed by atoms with Crippen molar-refractivity contribution in [3.8, 4) is 0 Å². The molecule has 2 fully saturated rings. The third-order valence-corrected chi connectivity index (χ3v) is 14.6. The first-order valence-corrected chi connectivity index (χ1v) is 29.0. The topological polar surface area (TPSA) is 111 Å². The normalized spacial score (nSPS) is 22.5. The van der Waals surface area contributed by atoms with E-state index < -0.39 is 61.4 Å². The van der Waals surface area contributed by atoms with E-state index in [1.807, 2.05) is 255 Å². The van der Waals surface area contributed by atoms with Crippen molar-refractivity contribution in [2.24, 2.45) is 0 Å². The van der Waals surface area contributed by atoms with Gasteiger partial charge >= 0.3 is 0 Å². The molecule has 0 spiro atoms. The van der Waals surface area contributed by atoms with E-state index in [0.29, 0.717) is 39.6 Å². The van der Waals surface area contributed by atoms with Crippen LogP contribution < -0.4 is 0 Å². The highest BCUT2D eigenvalue weighted by Gasteiger charge is 2.50. The summed E-state index contributed by atoms with van der Waals surface area (Å²) in [4.78, 5) is 0. The van der Waals surface area contributed by atoms with Crippen molar-refractivity contribution in [3.63, 3.8) is 0 Å². The Kier molecular flexibility index (Phi) is 24.0. The predicted molar refractivity (Wildman–Crippen MR) is 321 cm³/mol. The van der Waals surface area contributed by atoms with Gasteiger partial charge in [-0.1, -0.05) is 255 Å². The highest BCUT2D eigenvalue weighted by Crippen LogP contribution is 2.34. The number of rotatable bonds is 32. The third-order valence-electron chi connectivity index (χ3n) is 14.6. The summed E-state index contributed by atoms with van der Waals surface area (Å²) < 4.78 is 81.7. The minimum Gasteiger partial charge on any atom is -0.374 e. The Hall–Kier alpha value is -6.98. The fraction of sp³-hybridized carbons (Fsp3) is 0.306. The molecule has 436 valence electrons. The van der Waals surface area contributed by atoms with E-state index in [1.165, 1.54) is 0 Å². The summed E-state index contributed by atoms with van der Waals surface area (Å²) in [5.74, 6) is 0. The molecule has 10 atom stereocenters. The lowest BCUT2D eigenvalue weighted by Gasteiger charge is -2.46. The SMILES string of the molecule is C(=C\CO[C@H]1O[C@H](COCc2ccccc2)[C@@H](OCc2ccccc2)[C@H](OCc2ccccc2)[C@@H]1OCc1ccccc1)/CO[C@H]1O[C@H](COCc2ccccc2)[C@@H](OCc2ccccc2)[C@H](OCc2ccccc2)[C@@H]1OCc1ccccc1. The molecule has 0 N–H and O–H groups in total. The molecule has 0 radical (unpaired) electrons. The largest absolute Gasteiger partial charge is 0.374 e. The standard InChI is InChI=1S/C72H76O12/c1-9-27-55(28-10-1)45-73-53-63-65(77-47-57-31-13-3-14-32-57)67(79-49-59-35-17-5-18-36-59)69(81-51-61-39-21-7-22-40-61)71(83-63)75-43-25-26-44-76-72-70(82-52-62-41-23-8-24-42-62)68(80-50-60-37-19-6-20-38-60)66(78-48-58-33-15-4-16-34-58)64(84-72)54-74-46-56-29-11-2-12-30-56/h1-42,63-72H,43-54H2/b26-25+/t63-,64-,65-,66-,67+,68+,69+,70+,71+,72+/m1/s1. The smallest absolute Gasteiger partial charge is 0.187 e. The summed E-state index contributed by atoms with van der Waals surface area (Å²) in [5, 5.41) is 0. The van der Waals surface area contributed by atoms with Crippen LogP contribution in [0.5, 0.6) is 0 Å². The Morgan fingerprint density at radius 1 is 0.238 bits per heavy atom. The van der Waals surface area contributed by atoms with Gasteiger partial charge in [0.1, 0.15) is 48.8 Å². The third kappa shape index (κ3) is 18.8. The van der Waals surface area contributed by atoms with Crippen LogP contribution in [0.2, 0.25) is 0 Å². The molecule has 84 heavy (non-hydrogen) atoms. The van der Waals surface area contributed by atoms with Gasteiger partial charge in [0.15, 0.2) is 12.6 Å². The molecule has 0 bridgehead atoms. The van der Waals surface area contributed by atoms with Gasteiger partial charge in [0.2, 0.25) is 0 Å². The summed E-state index contributed by atoms with van der Waals surface area (Å²) in [5.41, 5.74) is 8.12. The minimum absolute atomic E-state index is 0.144. The molecule has 8 aromatic carbocycles. The van der Waals surface area contributed by atoms with Crippen LogP contribution in [-0.2, 0) is 110 Å². The zero-order chi connectivity index (χ0) is 57.1. The monoisotopic (exact) mass is 1130 g/mol. The van der Waals surface area contributed by atoms with Crippen LogP contribution >= 0.6 is 0 Å². The molecule has 0 aromatic heterocycles. The molecule has 2 saturated heterocycles. The van der Waals surface area contributed by atoms with Crippen LogP contribution in [0.4, 0.5) is 0 Å². The van der Waals surface area contributed by atoms with Gasteiger partial charge in [0, 0.05) is 0 Å². The zero-order valence-corrected chi connectivity index (χ0v) is 47.4. The Balaban J connectivity index is 0.896. The highest BCUT2D eigenvalue weighted by atomic mass is 16.7. The van der Waals surface area contributed by atoms with Crippen molar-refractivity contribution in [1.29, 1.82) is 0 Å². The number of benzene rings is 8. The molecule has 8 aromatic rings. The Labute approximate surface area is 494 Å². The van der Waals surface area contributed by atoms with Gasteiger partial charge in [-0.05, 0) is 44.5 Å². The van der Waals surface area contributed by atoms with Crippen molar-refractivity contribution in [2.75, 3.05) is 26.4 Å². The Morgan fingerprint density at radius 3 is 0.702 bits per heavy atom. The lowest BCUT2D eigenvalue weighted by Crippen LogP contribution is -2.61. The first-order valence-electron chi connectivity index (χ1n) is 29.0. The molecular formula is C72H76O12. The Morgan fingerprint density at radius 2 is 0.452 bits per heavy atom. The van der Waals surface area contributed by atoms with Crippen molar-refractivity contribution in [3.05, 3.63) is 299 Å². The summed E-state index contributed by atoms with van der Waals surface area (Å²) in [6.45, 7) is 3.28. The van der Waals surface area contributed by atoms with Gasteiger partial charge in [-0.3, -0.25) is 0 Å². The summed E-state index contributed by atoms with van der Waals surface area (Å²) in [7, 11) is 0.